The van der Waals surface area contributed by atoms with Gasteiger partial charge in [0, 0.05) is 37.9 Å². The van der Waals surface area contributed by atoms with Crippen molar-refractivity contribution < 1.29 is 38.0 Å². The summed E-state index contributed by atoms with van der Waals surface area (Å²) in [5.74, 6) is 2.42. The molecule has 3 aromatic carbocycles. The van der Waals surface area contributed by atoms with Crippen LogP contribution in [0.4, 0.5) is 4.79 Å². The summed E-state index contributed by atoms with van der Waals surface area (Å²) >= 11 is 0. The lowest BCUT2D eigenvalue weighted by atomic mass is 9.87. The molecule has 4 rings (SSSR count). The van der Waals surface area contributed by atoms with Crippen LogP contribution in [0.15, 0.2) is 72.8 Å². The molecular weight excluding hydrogens is 624 g/mol. The highest BCUT2D eigenvalue weighted by Gasteiger charge is 2.35. The van der Waals surface area contributed by atoms with Gasteiger partial charge < -0.3 is 38.6 Å². The summed E-state index contributed by atoms with van der Waals surface area (Å²) in [6.45, 7) is 11.0. The van der Waals surface area contributed by atoms with Crippen LogP contribution in [0.1, 0.15) is 63.1 Å². The third-order valence-corrected chi connectivity index (χ3v) is 8.08. The molecule has 0 bridgehead atoms. The summed E-state index contributed by atoms with van der Waals surface area (Å²) in [4.78, 5) is 26.0. The van der Waals surface area contributed by atoms with E-state index in [9.17, 15) is 9.59 Å². The zero-order valence-corrected chi connectivity index (χ0v) is 29.6. The van der Waals surface area contributed by atoms with Crippen LogP contribution in [0.25, 0.3) is 0 Å². The van der Waals surface area contributed by atoms with E-state index in [4.69, 9.17) is 28.4 Å². The van der Waals surface area contributed by atoms with E-state index in [1.54, 1.807) is 12.0 Å². The Bertz CT molecular complexity index is 1460. The number of benzene rings is 3. The van der Waals surface area contributed by atoms with E-state index >= 15 is 0 Å². The van der Waals surface area contributed by atoms with Crippen LogP contribution in [0, 0.1) is 0 Å². The Hall–Kier alpha value is -4.28. The Labute approximate surface area is 291 Å². The largest absolute Gasteiger partial charge is 0.496 e. The summed E-state index contributed by atoms with van der Waals surface area (Å²) in [7, 11) is 1.66. The molecule has 0 aromatic heterocycles. The number of piperidine rings is 1. The number of nitrogens with zero attached hydrogens (tertiary/aromatic N) is 1. The lowest BCUT2D eigenvalue weighted by Gasteiger charge is -2.39. The van der Waals surface area contributed by atoms with Crippen molar-refractivity contribution in [3.05, 3.63) is 89.5 Å². The molecule has 2 amide bonds. The predicted molar refractivity (Wildman–Crippen MR) is 188 cm³/mol. The van der Waals surface area contributed by atoms with Crippen LogP contribution in [-0.2, 0) is 32.0 Å². The highest BCUT2D eigenvalue weighted by atomic mass is 16.6. The Kier molecular flexibility index (Phi) is 14.6. The number of hydrogen-bond acceptors (Lipinski definition) is 8. The number of nitrogens with one attached hydrogen (secondary N) is 1. The smallest absolute Gasteiger partial charge is 0.410 e. The fourth-order valence-electron chi connectivity index (χ4n) is 5.70. The van der Waals surface area contributed by atoms with Gasteiger partial charge in [-0.15, -0.1) is 0 Å². The molecule has 1 fully saturated rings. The molecule has 266 valence electrons. The summed E-state index contributed by atoms with van der Waals surface area (Å²) < 4.78 is 35.4. The minimum atomic E-state index is -0.581. The molecule has 1 saturated heterocycles. The highest BCUT2D eigenvalue weighted by molar-refractivity contribution is 5.72. The minimum absolute atomic E-state index is 0.0568. The van der Waals surface area contributed by atoms with Crippen LogP contribution >= 0.6 is 0 Å². The zero-order valence-electron chi connectivity index (χ0n) is 29.6. The van der Waals surface area contributed by atoms with Crippen molar-refractivity contribution in [2.45, 2.75) is 71.2 Å². The van der Waals surface area contributed by atoms with Crippen LogP contribution in [0.2, 0.25) is 0 Å². The SMILES string of the molecule is COc1ccccc1COCCCOc1ccc(C2CCN(C(=O)OC(C)(C)C)CC2OCCOc2ccccc2CCNC(C)=O)cc1. The van der Waals surface area contributed by atoms with Gasteiger partial charge >= 0.3 is 6.09 Å². The van der Waals surface area contributed by atoms with Crippen LogP contribution < -0.4 is 19.5 Å². The molecular formula is C39H52N2O8. The van der Waals surface area contributed by atoms with Gasteiger partial charge in [0.05, 0.1) is 46.2 Å². The molecule has 0 saturated carbocycles. The average Bonchev–Trinajstić information content (AvgIpc) is 3.08. The third-order valence-electron chi connectivity index (χ3n) is 8.08. The third kappa shape index (κ3) is 12.6. The standard InChI is InChI=1S/C39H52N2O8/c1-29(42)40-21-19-31-11-6-9-14-36(31)47-25-26-48-37-27-41(38(43)49-39(2,3)4)22-20-34(37)30-15-17-33(18-16-30)46-24-10-23-45-28-32-12-7-8-13-35(32)44-5/h6-9,11-18,34,37H,10,19-28H2,1-5H3,(H,40,42). The molecule has 2 unspecified atom stereocenters. The maximum absolute atomic E-state index is 13.0. The Morgan fingerprint density at radius 3 is 2.29 bits per heavy atom. The van der Waals surface area contributed by atoms with Crippen LogP contribution in [-0.4, -0.2) is 81.8 Å². The number of carbonyl (C=O) groups is 2. The highest BCUT2D eigenvalue weighted by Crippen LogP contribution is 2.32. The van der Waals surface area contributed by atoms with E-state index in [2.05, 4.69) is 17.4 Å². The number of likely N-dealkylation sites (tertiary alicyclic amines) is 1. The second kappa shape index (κ2) is 19.0. The molecule has 1 heterocycles. The topological polar surface area (TPSA) is 105 Å². The number of amides is 2. The van der Waals surface area contributed by atoms with Crippen molar-refractivity contribution in [1.29, 1.82) is 0 Å². The average molecular weight is 677 g/mol. The Morgan fingerprint density at radius 2 is 1.57 bits per heavy atom. The van der Waals surface area contributed by atoms with E-state index in [0.29, 0.717) is 59.1 Å². The van der Waals surface area contributed by atoms with Crippen LogP contribution in [0.5, 0.6) is 17.2 Å². The lowest BCUT2D eigenvalue weighted by Crippen LogP contribution is -2.48. The van der Waals surface area contributed by atoms with Gasteiger partial charge in [-0.1, -0.05) is 48.5 Å². The first-order valence-corrected chi connectivity index (χ1v) is 17.1. The Balaban J connectivity index is 1.29. The van der Waals surface area contributed by atoms with Crippen molar-refractivity contribution in [2.75, 3.05) is 53.2 Å². The van der Waals surface area contributed by atoms with Gasteiger partial charge in [0.1, 0.15) is 29.5 Å². The summed E-state index contributed by atoms with van der Waals surface area (Å²) in [6, 6.07) is 23.8. The Morgan fingerprint density at radius 1 is 0.857 bits per heavy atom. The van der Waals surface area contributed by atoms with E-state index in [1.807, 2.05) is 81.4 Å². The first-order valence-electron chi connectivity index (χ1n) is 17.1. The molecule has 1 N–H and O–H groups in total. The number of para-hydroxylation sites is 2. The molecule has 3 aromatic rings. The second-order valence-electron chi connectivity index (χ2n) is 13.1. The number of rotatable bonds is 17. The van der Waals surface area contributed by atoms with Gasteiger partial charge in [-0.25, -0.2) is 4.79 Å². The first kappa shape index (κ1) is 37.5. The monoisotopic (exact) mass is 676 g/mol. The summed E-state index contributed by atoms with van der Waals surface area (Å²) in [5, 5.41) is 2.83. The maximum atomic E-state index is 13.0. The number of hydrogen-bond donors (Lipinski definition) is 1. The number of carbonyl (C=O) groups excluding carboxylic acids is 2. The zero-order chi connectivity index (χ0) is 35.1. The van der Waals surface area contributed by atoms with Crippen molar-refractivity contribution in [2.24, 2.45) is 0 Å². The van der Waals surface area contributed by atoms with Crippen molar-refractivity contribution in [1.82, 2.24) is 10.2 Å². The number of methoxy groups -OCH3 is 1. The molecule has 1 aliphatic heterocycles. The van der Waals surface area contributed by atoms with Gasteiger partial charge in [0.25, 0.3) is 0 Å². The lowest BCUT2D eigenvalue weighted by molar-refractivity contribution is -0.118. The molecule has 0 radical (unpaired) electrons. The quantitative estimate of drug-likeness (QED) is 0.161. The van der Waals surface area contributed by atoms with Gasteiger partial charge in [-0.05, 0) is 69.0 Å². The van der Waals surface area contributed by atoms with E-state index in [-0.39, 0.29) is 24.0 Å². The molecule has 2 atom stereocenters. The van der Waals surface area contributed by atoms with E-state index in [1.165, 1.54) is 6.92 Å². The van der Waals surface area contributed by atoms with Crippen molar-refractivity contribution >= 4 is 12.0 Å². The van der Waals surface area contributed by atoms with Crippen molar-refractivity contribution in [3.8, 4) is 17.2 Å². The molecule has 10 heteroatoms. The fraction of sp³-hybridized carbons (Fsp3) is 0.487. The van der Waals surface area contributed by atoms with Gasteiger partial charge in [-0.3, -0.25) is 4.79 Å². The molecule has 1 aliphatic rings. The minimum Gasteiger partial charge on any atom is -0.496 e. The summed E-state index contributed by atoms with van der Waals surface area (Å²) in [5.41, 5.74) is 2.59. The molecule has 10 nitrogen and oxygen atoms in total. The first-order chi connectivity index (χ1) is 23.6. The molecule has 49 heavy (non-hydrogen) atoms. The van der Waals surface area contributed by atoms with E-state index in [0.717, 1.165) is 46.8 Å². The van der Waals surface area contributed by atoms with Gasteiger partial charge in [-0.2, -0.15) is 0 Å². The van der Waals surface area contributed by atoms with E-state index < -0.39 is 5.60 Å². The van der Waals surface area contributed by atoms with Crippen LogP contribution in [0.3, 0.4) is 0 Å². The normalized spacial score (nSPS) is 16.1. The fourth-order valence-corrected chi connectivity index (χ4v) is 5.70. The predicted octanol–water partition coefficient (Wildman–Crippen LogP) is 6.55. The van der Waals surface area contributed by atoms with Gasteiger partial charge in [0.15, 0.2) is 0 Å². The second-order valence-corrected chi connectivity index (χ2v) is 13.1. The van der Waals surface area contributed by atoms with Crippen molar-refractivity contribution in [3.63, 3.8) is 0 Å². The molecule has 0 spiro atoms. The number of ether oxygens (including phenoxy) is 6. The van der Waals surface area contributed by atoms with Gasteiger partial charge in [0.2, 0.25) is 5.91 Å². The summed E-state index contributed by atoms with van der Waals surface area (Å²) in [6.07, 6.45) is 1.59. The maximum Gasteiger partial charge on any atom is 0.410 e. The molecule has 0 aliphatic carbocycles.